The fraction of sp³-hybridized carbons (Fsp3) is 0.318. The second-order valence-electron chi connectivity index (χ2n) is 7.02. The zero-order chi connectivity index (χ0) is 16.7. The molecule has 0 N–H and O–H groups in total. The summed E-state index contributed by atoms with van der Waals surface area (Å²) in [7, 11) is 1.50. The summed E-state index contributed by atoms with van der Waals surface area (Å²) in [5.41, 5.74) is 3.32. The quantitative estimate of drug-likeness (QED) is 0.761. The van der Waals surface area contributed by atoms with Crippen LogP contribution in [0.2, 0.25) is 0 Å². The molecule has 122 valence electrons. The van der Waals surface area contributed by atoms with Crippen LogP contribution in [0.1, 0.15) is 41.9 Å². The van der Waals surface area contributed by atoms with E-state index in [2.05, 4.69) is 55.5 Å². The number of esters is 1. The minimum Gasteiger partial charge on any atom is -0.468 e. The maximum absolute atomic E-state index is 12.7. The molecule has 24 heavy (non-hydrogen) atoms. The normalized spacial score (nSPS) is 30.5. The van der Waals surface area contributed by atoms with Gasteiger partial charge in [-0.25, -0.2) is 0 Å². The monoisotopic (exact) mass is 318 g/mol. The first kappa shape index (κ1) is 15.2. The van der Waals surface area contributed by atoms with E-state index in [9.17, 15) is 4.79 Å². The van der Waals surface area contributed by atoms with Crippen molar-refractivity contribution in [3.8, 4) is 0 Å². The number of benzene rings is 2. The summed E-state index contributed by atoms with van der Waals surface area (Å²) >= 11 is 0. The van der Waals surface area contributed by atoms with Gasteiger partial charge in [-0.15, -0.1) is 0 Å². The van der Waals surface area contributed by atoms with Crippen molar-refractivity contribution >= 4 is 12.0 Å². The fourth-order valence-electron chi connectivity index (χ4n) is 4.59. The first-order valence-electron chi connectivity index (χ1n) is 8.60. The van der Waals surface area contributed by atoms with Gasteiger partial charge in [0.2, 0.25) is 0 Å². The Morgan fingerprint density at radius 3 is 2.46 bits per heavy atom. The summed E-state index contributed by atoms with van der Waals surface area (Å²) in [6.45, 7) is 2.26. The smallest absolute Gasteiger partial charge is 0.316 e. The van der Waals surface area contributed by atoms with Crippen LogP contribution in [0.4, 0.5) is 0 Å². The molecule has 2 aliphatic carbocycles. The molecular weight excluding hydrogens is 296 g/mol. The molecule has 0 spiro atoms. The van der Waals surface area contributed by atoms with Crippen LogP contribution < -0.4 is 0 Å². The number of hydrogen-bond acceptors (Lipinski definition) is 2. The van der Waals surface area contributed by atoms with Gasteiger partial charge < -0.3 is 4.74 Å². The maximum atomic E-state index is 12.7. The number of fused-ring (bicyclic) bond motifs is 3. The van der Waals surface area contributed by atoms with E-state index in [1.807, 2.05) is 18.2 Å². The van der Waals surface area contributed by atoms with Gasteiger partial charge in [-0.1, -0.05) is 73.7 Å². The Morgan fingerprint density at radius 2 is 1.75 bits per heavy atom. The Hall–Kier alpha value is -2.35. The van der Waals surface area contributed by atoms with Gasteiger partial charge in [-0.2, -0.15) is 0 Å². The summed E-state index contributed by atoms with van der Waals surface area (Å²) in [6.07, 6.45) is 5.21. The van der Waals surface area contributed by atoms with Gasteiger partial charge in [0.05, 0.1) is 12.5 Å². The Morgan fingerprint density at radius 1 is 1.08 bits per heavy atom. The van der Waals surface area contributed by atoms with E-state index in [-0.39, 0.29) is 11.9 Å². The molecule has 0 unspecified atom stereocenters. The highest BCUT2D eigenvalue weighted by Crippen LogP contribution is 2.72. The molecule has 0 bridgehead atoms. The van der Waals surface area contributed by atoms with Crippen LogP contribution in [-0.2, 0) is 9.53 Å². The first-order valence-corrected chi connectivity index (χ1v) is 8.60. The van der Waals surface area contributed by atoms with E-state index in [1.165, 1.54) is 18.2 Å². The van der Waals surface area contributed by atoms with Crippen LogP contribution in [0, 0.1) is 11.3 Å². The summed E-state index contributed by atoms with van der Waals surface area (Å²) in [6, 6.07) is 18.7. The summed E-state index contributed by atoms with van der Waals surface area (Å²) < 4.78 is 5.22. The highest BCUT2D eigenvalue weighted by Gasteiger charge is 2.70. The zero-order valence-electron chi connectivity index (χ0n) is 14.1. The molecule has 0 heterocycles. The van der Waals surface area contributed by atoms with Crippen LogP contribution >= 0.6 is 0 Å². The Kier molecular flexibility index (Phi) is 3.56. The first-order chi connectivity index (χ1) is 11.7. The minimum absolute atomic E-state index is 0.103. The molecule has 0 aliphatic heterocycles. The highest BCUT2D eigenvalue weighted by molar-refractivity contribution is 5.87. The van der Waals surface area contributed by atoms with E-state index in [1.54, 1.807) is 0 Å². The van der Waals surface area contributed by atoms with Crippen LogP contribution in [0.15, 0.2) is 60.7 Å². The van der Waals surface area contributed by atoms with Crippen LogP contribution in [0.5, 0.6) is 0 Å². The summed E-state index contributed by atoms with van der Waals surface area (Å²) in [4.78, 5) is 12.7. The van der Waals surface area contributed by atoms with Crippen molar-refractivity contribution in [2.24, 2.45) is 11.3 Å². The van der Waals surface area contributed by atoms with Crippen molar-refractivity contribution in [2.45, 2.75) is 25.2 Å². The molecule has 0 aromatic heterocycles. The highest BCUT2D eigenvalue weighted by atomic mass is 16.5. The molecular formula is C22H22O2. The third-order valence-corrected chi connectivity index (χ3v) is 5.78. The number of rotatable bonds is 3. The molecule has 0 radical (unpaired) electrons. The second kappa shape index (κ2) is 5.62. The number of carbonyl (C=O) groups excluding carboxylic acids is 1. The van der Waals surface area contributed by atoms with Crippen molar-refractivity contribution in [3.05, 3.63) is 77.4 Å². The van der Waals surface area contributed by atoms with E-state index in [0.717, 1.165) is 12.0 Å². The number of ether oxygens (including phenoxy) is 1. The van der Waals surface area contributed by atoms with Crippen molar-refractivity contribution in [1.29, 1.82) is 0 Å². The Balaban J connectivity index is 1.76. The van der Waals surface area contributed by atoms with Gasteiger partial charge in [0, 0.05) is 5.92 Å². The number of methoxy groups -OCH3 is 1. The van der Waals surface area contributed by atoms with Gasteiger partial charge in [0.25, 0.3) is 0 Å². The summed E-state index contributed by atoms with van der Waals surface area (Å²) in [5, 5.41) is 0. The Bertz CT molecular complexity index is 793. The maximum Gasteiger partial charge on any atom is 0.316 e. The molecule has 2 heteroatoms. The van der Waals surface area contributed by atoms with Gasteiger partial charge in [-0.05, 0) is 34.9 Å². The molecule has 2 aliphatic rings. The average Bonchev–Trinajstić information content (AvgIpc) is 3.29. The van der Waals surface area contributed by atoms with Crippen LogP contribution in [0.25, 0.3) is 6.08 Å². The largest absolute Gasteiger partial charge is 0.468 e. The molecule has 2 nitrogen and oxygen atoms in total. The lowest BCUT2D eigenvalue weighted by atomic mass is 9.84. The second-order valence-corrected chi connectivity index (χ2v) is 7.02. The SMILES string of the molecule is COC(=O)[C@@]1(C=Cc2ccccc2)[C@@H]2c3ccccc3[C@@H](C)C[C@@H]21. The van der Waals surface area contributed by atoms with E-state index in [0.29, 0.717) is 11.8 Å². The fourth-order valence-corrected chi connectivity index (χ4v) is 4.59. The topological polar surface area (TPSA) is 26.3 Å². The molecule has 4 rings (SSSR count). The van der Waals surface area contributed by atoms with Crippen molar-refractivity contribution in [2.75, 3.05) is 7.11 Å². The number of carbonyl (C=O) groups is 1. The molecule has 0 amide bonds. The van der Waals surface area contributed by atoms with Crippen LogP contribution in [0.3, 0.4) is 0 Å². The van der Waals surface area contributed by atoms with Gasteiger partial charge in [0.15, 0.2) is 0 Å². The van der Waals surface area contributed by atoms with Crippen molar-refractivity contribution < 1.29 is 9.53 Å². The van der Waals surface area contributed by atoms with Gasteiger partial charge >= 0.3 is 5.97 Å². The number of hydrogen-bond donors (Lipinski definition) is 0. The lowest BCUT2D eigenvalue weighted by Gasteiger charge is -2.20. The molecule has 1 saturated carbocycles. The minimum atomic E-state index is -0.508. The standard InChI is InChI=1S/C22H22O2/c1-15-14-19-20(18-11-7-6-10-17(15)18)22(19,21(23)24-2)13-12-16-8-4-3-5-9-16/h3-13,15,19-20H,14H2,1-2H3/t15-,19-,20+,22+/m0/s1. The van der Waals surface area contributed by atoms with Crippen molar-refractivity contribution in [1.82, 2.24) is 0 Å². The molecule has 2 aromatic rings. The van der Waals surface area contributed by atoms with E-state index in [4.69, 9.17) is 4.74 Å². The average molecular weight is 318 g/mol. The van der Waals surface area contributed by atoms with Crippen molar-refractivity contribution in [3.63, 3.8) is 0 Å². The lowest BCUT2D eigenvalue weighted by molar-refractivity contribution is -0.145. The lowest BCUT2D eigenvalue weighted by Crippen LogP contribution is -2.18. The predicted molar refractivity (Wildman–Crippen MR) is 95.6 cm³/mol. The predicted octanol–water partition coefficient (Wildman–Crippen LogP) is 4.78. The van der Waals surface area contributed by atoms with Gasteiger partial charge in [0.1, 0.15) is 0 Å². The summed E-state index contributed by atoms with van der Waals surface area (Å²) in [5.74, 6) is 0.972. The van der Waals surface area contributed by atoms with E-state index >= 15 is 0 Å². The molecule has 2 aromatic carbocycles. The third-order valence-electron chi connectivity index (χ3n) is 5.78. The zero-order valence-corrected chi connectivity index (χ0v) is 14.1. The molecule has 4 atom stereocenters. The van der Waals surface area contributed by atoms with E-state index < -0.39 is 5.41 Å². The molecule has 0 saturated heterocycles. The molecule has 1 fully saturated rings. The Labute approximate surface area is 143 Å². The third kappa shape index (κ3) is 2.13. The van der Waals surface area contributed by atoms with Gasteiger partial charge in [-0.3, -0.25) is 4.79 Å². The van der Waals surface area contributed by atoms with Crippen LogP contribution in [-0.4, -0.2) is 13.1 Å².